The zero-order valence-electron chi connectivity index (χ0n) is 83.7. The first-order chi connectivity index (χ1) is 72.1. The maximum Gasteiger partial charge on any atom is 0.416 e. The number of fused-ring (bicyclic) bond motifs is 12. The molecule has 4 unspecified atom stereocenters. The van der Waals surface area contributed by atoms with Crippen LogP contribution in [0.3, 0.4) is 0 Å². The van der Waals surface area contributed by atoms with Crippen molar-refractivity contribution in [3.63, 3.8) is 0 Å². The lowest BCUT2D eigenvalue weighted by Gasteiger charge is -2.37. The van der Waals surface area contributed by atoms with Crippen molar-refractivity contribution in [3.8, 4) is 23.0 Å². The number of nitrogens with zero attached hydrogens (tertiary/aromatic N) is 6. The third kappa shape index (κ3) is 25.0. The van der Waals surface area contributed by atoms with Crippen molar-refractivity contribution in [1.82, 2.24) is 54.1 Å². The highest BCUT2D eigenvalue weighted by Crippen LogP contribution is 2.47. The van der Waals surface area contributed by atoms with Crippen LogP contribution in [-0.4, -0.2) is 196 Å². The molecular formula is C115H114Cl5F2N11O16S. The Morgan fingerprint density at radius 1 is 0.420 bits per heavy atom. The molecule has 0 radical (unpaired) electrons. The van der Waals surface area contributed by atoms with E-state index in [1.165, 1.54) is 72.2 Å². The molecule has 6 aliphatic heterocycles. The predicted octanol–water partition coefficient (Wildman–Crippen LogP) is 25.4. The predicted molar refractivity (Wildman–Crippen MR) is 575 cm³/mol. The molecule has 15 aromatic rings. The fraction of sp³-hybridized carbons (Fsp3) is 0.304. The molecule has 10 heterocycles. The number of morpholine rings is 1. The summed E-state index contributed by atoms with van der Waals surface area (Å²) in [6.45, 7) is 20.4. The Morgan fingerprint density at radius 2 is 0.780 bits per heavy atom. The molecule has 6 aliphatic rings. The van der Waals surface area contributed by atoms with E-state index in [1.807, 2.05) is 154 Å². The van der Waals surface area contributed by atoms with E-state index >= 15 is 0 Å². The maximum atomic E-state index is 13.6. The van der Waals surface area contributed by atoms with Crippen molar-refractivity contribution >= 4 is 148 Å². The van der Waals surface area contributed by atoms with Crippen molar-refractivity contribution in [2.24, 2.45) is 0 Å². The molecular weight excluding hydrogens is 2040 g/mol. The summed E-state index contributed by atoms with van der Waals surface area (Å²) in [7, 11) is -3.65. The van der Waals surface area contributed by atoms with Gasteiger partial charge in [0.1, 0.15) is 76.0 Å². The fourth-order valence-electron chi connectivity index (χ4n) is 20.1. The van der Waals surface area contributed by atoms with Crippen LogP contribution >= 0.6 is 58.0 Å². The van der Waals surface area contributed by atoms with Gasteiger partial charge in [-0.25, -0.2) is 46.0 Å². The van der Waals surface area contributed by atoms with E-state index in [2.05, 4.69) is 42.3 Å². The lowest BCUT2D eigenvalue weighted by atomic mass is 9.92. The SMILES string of the molecule is CC(C)(C)OC(=O)N[C@@H](Cc1ccccc1)C(=O)Oc1ccc(C2c3[nH]c4ccc(Cl)cc4c3CCN2C(=O)OC(C)(C)C)cc1.CCOC(=O)N1CCc2c([nH]c3ccc(Cl)cc23)C1c1ccc(OCCCN2CCCC2)cc1.O=C(Oc1ccc(Cl)cc1)N1CCc2c([nH]c3ccc(Cl)cc23)C1c1ccc(S(=O)(=O)N2CCOCC2)cc1.O=C(Oc1ccc(F)cc1)N1CCc2c([nH]c3ccc(Cl)cc23)C1c1ccc(F)cc1. The van der Waals surface area contributed by atoms with Crippen LogP contribution < -0.4 is 24.3 Å². The molecule has 5 atom stereocenters. The summed E-state index contributed by atoms with van der Waals surface area (Å²) in [6, 6.07) is 69.2. The summed E-state index contributed by atoms with van der Waals surface area (Å²) in [6.07, 6.45) is 3.96. The van der Waals surface area contributed by atoms with E-state index in [9.17, 15) is 46.0 Å². The van der Waals surface area contributed by atoms with E-state index in [-0.39, 0.29) is 35.0 Å². The molecule has 150 heavy (non-hydrogen) atoms. The summed E-state index contributed by atoms with van der Waals surface area (Å²) < 4.78 is 99.4. The molecule has 0 spiro atoms. The molecule has 4 aromatic heterocycles. The number of amides is 5. The highest BCUT2D eigenvalue weighted by molar-refractivity contribution is 7.89. The second kappa shape index (κ2) is 46.4. The highest BCUT2D eigenvalue weighted by Gasteiger charge is 2.43. The number of likely N-dealkylation sites (tertiary alicyclic amines) is 1. The van der Waals surface area contributed by atoms with Gasteiger partial charge in [-0.1, -0.05) is 137 Å². The lowest BCUT2D eigenvalue weighted by molar-refractivity contribution is -0.136. The number of esters is 1. The van der Waals surface area contributed by atoms with E-state index < -0.39 is 81.6 Å². The summed E-state index contributed by atoms with van der Waals surface area (Å²) in [5, 5.41) is 9.95. The Balaban J connectivity index is 0.000000132. The first-order valence-electron chi connectivity index (χ1n) is 50.0. The first-order valence-corrected chi connectivity index (χ1v) is 53.3. The number of hydrogen-bond acceptors (Lipinski definition) is 17. The molecule has 27 nitrogen and oxygen atoms in total. The van der Waals surface area contributed by atoms with Gasteiger partial charge in [0, 0.05) is 144 Å². The van der Waals surface area contributed by atoms with Crippen LogP contribution in [-0.2, 0) is 65.9 Å². The van der Waals surface area contributed by atoms with Gasteiger partial charge < -0.3 is 68.0 Å². The number of benzene rings is 11. The number of halogens is 7. The van der Waals surface area contributed by atoms with E-state index in [1.54, 1.807) is 114 Å². The highest BCUT2D eigenvalue weighted by atomic mass is 35.5. The average molecular weight is 2150 g/mol. The van der Waals surface area contributed by atoms with Crippen LogP contribution in [0, 0.1) is 11.6 Å². The number of ether oxygens (including phenoxy) is 8. The second-order valence-electron chi connectivity index (χ2n) is 39.4. The normalized spacial score (nSPS) is 16.9. The molecule has 780 valence electrons. The van der Waals surface area contributed by atoms with Crippen molar-refractivity contribution in [1.29, 1.82) is 0 Å². The molecule has 21 rings (SSSR count). The molecule has 5 N–H and O–H groups in total. The molecule has 2 saturated heterocycles. The number of carbonyl (C=O) groups excluding carboxylic acids is 6. The van der Waals surface area contributed by atoms with Gasteiger partial charge in [0.05, 0.1) is 31.3 Å². The van der Waals surface area contributed by atoms with Crippen LogP contribution in [0.25, 0.3) is 43.6 Å². The van der Waals surface area contributed by atoms with Gasteiger partial charge in [0.15, 0.2) is 0 Å². The van der Waals surface area contributed by atoms with E-state index in [0.29, 0.717) is 122 Å². The van der Waals surface area contributed by atoms with E-state index in [0.717, 1.165) is 136 Å². The standard InChI is InChI=1S/C36H40ClN3O6.C28H25Cl2N3O5S.C27H32ClN3O3.C24H17ClF2N2O2/c1-35(2,3)45-33(42)39-29(20-22-10-8-7-9-11-22)32(41)44-25-15-12-23(13-16-25)31-30-26(27-21-24(37)14-17-28(27)38-30)18-19-40(31)34(43)46-36(4,5)6;29-19-3-6-21(7-4-19)38-28(34)33-12-11-23-24-17-20(30)5-10-25(24)31-26(23)27(33)18-1-8-22(9-2-18)39(35,36)32-13-15-37-16-14-32;1-2-33-27(32)31-16-12-22-23-18-20(28)8-11-24(23)29-25(22)26(31)19-6-9-21(10-7-19)34-17-5-15-30-13-3-4-14-30;25-15-3-10-21-20(13-15)19-11-12-29(24(30)31-18-8-6-17(27)7-9-18)23(22(19)28-21)14-1-4-16(26)5-2-14/h7-17,21,29,31,38H,18-20H2,1-6H3,(H,39,42);1-10,17,27,31H,11-16H2;6-11,18,26,29H,2-5,12-17H2,1H3;1-10,13,23,28H,11-12H2/t29-,31?;;;/m0.../s1. The van der Waals surface area contributed by atoms with Crippen LogP contribution in [0.1, 0.15) is 165 Å². The van der Waals surface area contributed by atoms with Gasteiger partial charge >= 0.3 is 36.4 Å². The van der Waals surface area contributed by atoms with Gasteiger partial charge in [-0.15, -0.1) is 0 Å². The second-order valence-corrected chi connectivity index (χ2v) is 43.5. The maximum absolute atomic E-state index is 13.6. The monoisotopic (exact) mass is 2150 g/mol. The number of nitrogens with one attached hydrogen (secondary N) is 5. The Kier molecular flexibility index (Phi) is 32.9. The topological polar surface area (TPSA) is 305 Å². The van der Waals surface area contributed by atoms with Crippen molar-refractivity contribution in [3.05, 3.63) is 358 Å². The van der Waals surface area contributed by atoms with Crippen LogP contribution in [0.2, 0.25) is 25.1 Å². The number of rotatable bonds is 19. The molecule has 35 heteroatoms. The third-order valence-electron chi connectivity index (χ3n) is 26.9. The molecule has 11 aromatic carbocycles. The fourth-order valence-corrected chi connectivity index (χ4v) is 22.3. The summed E-state index contributed by atoms with van der Waals surface area (Å²) in [5.74, 6) is 0.369. The van der Waals surface area contributed by atoms with Gasteiger partial charge in [-0.05, 0) is 326 Å². The summed E-state index contributed by atoms with van der Waals surface area (Å²) in [5.41, 5.74) is 14.6. The molecule has 2 fully saturated rings. The summed E-state index contributed by atoms with van der Waals surface area (Å²) >= 11 is 31.1. The van der Waals surface area contributed by atoms with Crippen molar-refractivity contribution in [2.45, 2.75) is 146 Å². The number of carbonyl (C=O) groups is 6. The van der Waals surface area contributed by atoms with Gasteiger partial charge in [0.25, 0.3) is 0 Å². The quantitative estimate of drug-likeness (QED) is 0.0217. The molecule has 0 bridgehead atoms. The number of aromatic nitrogens is 4. The van der Waals surface area contributed by atoms with Gasteiger partial charge in [-0.3, -0.25) is 19.6 Å². The minimum atomic E-state index is -3.65. The number of alkyl carbamates (subject to hydrolysis) is 1. The van der Waals surface area contributed by atoms with Crippen LogP contribution in [0.5, 0.6) is 23.0 Å². The number of sulfonamides is 1. The Hall–Kier alpha value is -13.7. The van der Waals surface area contributed by atoms with Crippen LogP contribution in [0.15, 0.2) is 254 Å². The number of H-pyrrole nitrogens is 4. The zero-order valence-corrected chi connectivity index (χ0v) is 88.3. The third-order valence-corrected chi connectivity index (χ3v) is 30.0. The van der Waals surface area contributed by atoms with E-state index in [4.69, 9.17) is 95.9 Å². The van der Waals surface area contributed by atoms with Crippen molar-refractivity contribution in [2.75, 3.05) is 85.3 Å². The number of hydrogen-bond donors (Lipinski definition) is 5. The lowest BCUT2D eigenvalue weighted by Crippen LogP contribution is -2.46. The minimum Gasteiger partial charge on any atom is -0.494 e. The molecule has 5 amide bonds. The average Bonchev–Trinajstić information content (AvgIpc) is 1.56. The molecule has 0 aliphatic carbocycles. The van der Waals surface area contributed by atoms with Crippen LogP contribution in [0.4, 0.5) is 32.8 Å². The Labute approximate surface area is 892 Å². The van der Waals surface area contributed by atoms with Crippen molar-refractivity contribution < 1.29 is 83.9 Å². The Bertz CT molecular complexity index is 7530. The first kappa shape index (κ1) is 106. The smallest absolute Gasteiger partial charge is 0.416 e. The minimum absolute atomic E-state index is 0.197. The van der Waals surface area contributed by atoms with Gasteiger partial charge in [-0.2, -0.15) is 4.31 Å². The summed E-state index contributed by atoms with van der Waals surface area (Å²) in [4.78, 5) is 102. The molecule has 0 saturated carbocycles. The number of aromatic amines is 4. The Morgan fingerprint density at radius 3 is 1.19 bits per heavy atom. The van der Waals surface area contributed by atoms with Gasteiger partial charge in [0.2, 0.25) is 10.0 Å². The largest absolute Gasteiger partial charge is 0.494 e. The zero-order chi connectivity index (χ0) is 105.